The number of nitrogens with one attached hydrogen (secondary N) is 2. The highest BCUT2D eigenvalue weighted by atomic mass is 16.5. The van der Waals surface area contributed by atoms with E-state index in [4.69, 9.17) is 15.2 Å². The maximum Gasteiger partial charge on any atom is 0.328 e. The topological polar surface area (TPSA) is 146 Å². The molecular weight excluding hydrogens is 460 g/mol. The highest BCUT2D eigenvalue weighted by Gasteiger charge is 2.17. The fourth-order valence-electron chi connectivity index (χ4n) is 3.86. The van der Waals surface area contributed by atoms with E-state index in [-0.39, 0.29) is 24.1 Å². The smallest absolute Gasteiger partial charge is 0.328 e. The van der Waals surface area contributed by atoms with Crippen molar-refractivity contribution in [2.24, 2.45) is 0 Å². The van der Waals surface area contributed by atoms with Gasteiger partial charge in [0.1, 0.15) is 11.3 Å². The molecule has 36 heavy (non-hydrogen) atoms. The number of rotatable bonds is 11. The van der Waals surface area contributed by atoms with Crippen molar-refractivity contribution in [1.29, 1.82) is 0 Å². The number of nitrogens with zero attached hydrogens (tertiary/aromatic N) is 5. The minimum atomic E-state index is -0.338. The number of aromatic nitrogens is 6. The first-order valence-corrected chi connectivity index (χ1v) is 12.3. The van der Waals surface area contributed by atoms with E-state index in [2.05, 4.69) is 37.2 Å². The van der Waals surface area contributed by atoms with Gasteiger partial charge in [0.15, 0.2) is 11.5 Å². The Balaban J connectivity index is 1.24. The quantitative estimate of drug-likeness (QED) is 0.270. The number of nitrogen functional groups attached to an aromatic ring is 1. The summed E-state index contributed by atoms with van der Waals surface area (Å²) in [6.07, 6.45) is 9.01. The average Bonchev–Trinajstić information content (AvgIpc) is 3.16. The molecule has 1 aliphatic rings. The first kappa shape index (κ1) is 23.7. The Hall–Kier alpha value is -3.99. The predicted octanol–water partition coefficient (Wildman–Crippen LogP) is 3.15. The lowest BCUT2D eigenvalue weighted by Crippen LogP contribution is -2.34. The molecule has 1 fully saturated rings. The Kier molecular flexibility index (Phi) is 7.08. The summed E-state index contributed by atoms with van der Waals surface area (Å²) in [5, 5.41) is 3.50. The van der Waals surface area contributed by atoms with E-state index in [1.807, 2.05) is 18.2 Å². The van der Waals surface area contributed by atoms with Gasteiger partial charge in [-0.05, 0) is 37.0 Å². The monoisotopic (exact) mass is 490 g/mol. The lowest BCUT2D eigenvalue weighted by atomic mass is 9.93. The molecule has 4 aromatic rings. The molecule has 0 amide bonds. The number of ether oxygens (including phenoxy) is 2. The van der Waals surface area contributed by atoms with Crippen LogP contribution < -0.4 is 26.2 Å². The maximum atomic E-state index is 12.6. The van der Waals surface area contributed by atoms with Gasteiger partial charge in [-0.3, -0.25) is 9.55 Å². The number of unbranched alkanes of at least 4 members (excludes halogenated alkanes) is 1. The van der Waals surface area contributed by atoms with E-state index in [9.17, 15) is 4.79 Å². The van der Waals surface area contributed by atoms with Crippen LogP contribution in [0.2, 0.25) is 0 Å². The van der Waals surface area contributed by atoms with E-state index < -0.39 is 0 Å². The Labute approximate surface area is 208 Å². The van der Waals surface area contributed by atoms with Gasteiger partial charge in [0, 0.05) is 24.8 Å². The summed E-state index contributed by atoms with van der Waals surface area (Å²) >= 11 is 0. The largest absolute Gasteiger partial charge is 0.463 e. The molecular formula is C25H30N8O3. The van der Waals surface area contributed by atoms with Gasteiger partial charge in [0.05, 0.1) is 25.0 Å². The maximum absolute atomic E-state index is 12.6. The number of imidazole rings is 1. The van der Waals surface area contributed by atoms with E-state index in [0.29, 0.717) is 35.4 Å². The Morgan fingerprint density at radius 2 is 2.06 bits per heavy atom. The van der Waals surface area contributed by atoms with Crippen molar-refractivity contribution in [2.45, 2.75) is 58.2 Å². The van der Waals surface area contributed by atoms with E-state index in [1.165, 1.54) is 23.8 Å². The van der Waals surface area contributed by atoms with E-state index in [0.717, 1.165) is 30.6 Å². The van der Waals surface area contributed by atoms with Crippen molar-refractivity contribution < 1.29 is 9.47 Å². The Morgan fingerprint density at radius 3 is 2.75 bits per heavy atom. The molecule has 1 saturated carbocycles. The third kappa shape index (κ3) is 5.46. The van der Waals surface area contributed by atoms with E-state index in [1.54, 1.807) is 18.5 Å². The van der Waals surface area contributed by atoms with Crippen LogP contribution in [-0.4, -0.2) is 42.1 Å². The SMILES string of the molecule is CCCCOc1nc(N)c2[nH]c(=O)n(Cc3ccc(Oc4ccc(CNC5CCC5)nc4)nc3)c2n1. The van der Waals surface area contributed by atoms with Crippen molar-refractivity contribution in [2.75, 3.05) is 12.3 Å². The summed E-state index contributed by atoms with van der Waals surface area (Å²) in [5.41, 5.74) is 8.23. The molecule has 11 heteroatoms. The third-order valence-corrected chi connectivity index (χ3v) is 6.19. The summed E-state index contributed by atoms with van der Waals surface area (Å²) in [5.74, 6) is 1.21. The van der Waals surface area contributed by atoms with Crippen LogP contribution in [0.25, 0.3) is 11.2 Å². The molecule has 0 spiro atoms. The van der Waals surface area contributed by atoms with Gasteiger partial charge >= 0.3 is 11.7 Å². The molecule has 0 aromatic carbocycles. The summed E-state index contributed by atoms with van der Waals surface area (Å²) in [6.45, 7) is 3.56. The van der Waals surface area contributed by atoms with Crippen LogP contribution in [0.15, 0.2) is 41.5 Å². The molecule has 4 aromatic heterocycles. The molecule has 4 heterocycles. The molecule has 0 saturated heterocycles. The standard InChI is InChI=1S/C25H30N8O3/c1-2-3-11-35-24-31-22(26)21-23(32-24)33(25(34)30-21)15-16-7-10-20(29-12-16)36-19-9-8-18(28-14-19)13-27-17-5-4-6-17/h7-10,12,14,17,27H,2-6,11,13,15H2,1H3,(H,30,34)(H2,26,31,32). The number of hydrogen-bond acceptors (Lipinski definition) is 9. The lowest BCUT2D eigenvalue weighted by molar-refractivity contribution is 0.286. The van der Waals surface area contributed by atoms with Crippen LogP contribution in [0.1, 0.15) is 50.3 Å². The van der Waals surface area contributed by atoms with Gasteiger partial charge in [0.25, 0.3) is 0 Å². The third-order valence-electron chi connectivity index (χ3n) is 6.19. The van der Waals surface area contributed by atoms with Crippen molar-refractivity contribution in [3.05, 3.63) is 58.4 Å². The highest BCUT2D eigenvalue weighted by Crippen LogP contribution is 2.22. The summed E-state index contributed by atoms with van der Waals surface area (Å²) in [7, 11) is 0. The molecule has 4 N–H and O–H groups in total. The second kappa shape index (κ2) is 10.7. The first-order valence-electron chi connectivity index (χ1n) is 12.3. The summed E-state index contributed by atoms with van der Waals surface area (Å²) in [6, 6.07) is 8.21. The van der Waals surface area contributed by atoms with Crippen LogP contribution in [0, 0.1) is 0 Å². The minimum absolute atomic E-state index is 0.154. The number of H-pyrrole nitrogens is 1. The molecule has 188 valence electrons. The fraction of sp³-hybridized carbons (Fsp3) is 0.400. The molecule has 0 atom stereocenters. The Morgan fingerprint density at radius 1 is 1.17 bits per heavy atom. The number of nitrogens with two attached hydrogens (primary N) is 1. The fourth-order valence-corrected chi connectivity index (χ4v) is 3.86. The van der Waals surface area contributed by atoms with Gasteiger partial charge in [-0.25, -0.2) is 9.78 Å². The number of aromatic amines is 1. The second-order valence-corrected chi connectivity index (χ2v) is 8.91. The van der Waals surface area contributed by atoms with Gasteiger partial charge in [-0.15, -0.1) is 0 Å². The first-order chi connectivity index (χ1) is 17.6. The lowest BCUT2D eigenvalue weighted by Gasteiger charge is -2.26. The molecule has 1 aliphatic carbocycles. The normalized spacial score (nSPS) is 13.6. The van der Waals surface area contributed by atoms with Crippen molar-refractivity contribution >= 4 is 17.0 Å². The van der Waals surface area contributed by atoms with Crippen molar-refractivity contribution in [3.63, 3.8) is 0 Å². The van der Waals surface area contributed by atoms with Crippen LogP contribution in [0.4, 0.5) is 5.82 Å². The summed E-state index contributed by atoms with van der Waals surface area (Å²) in [4.78, 5) is 32.7. The zero-order valence-corrected chi connectivity index (χ0v) is 20.2. The highest BCUT2D eigenvalue weighted by molar-refractivity contribution is 5.81. The molecule has 0 radical (unpaired) electrons. The van der Waals surface area contributed by atoms with Gasteiger partial charge in [0.2, 0.25) is 5.88 Å². The van der Waals surface area contributed by atoms with Crippen molar-refractivity contribution in [3.8, 4) is 17.6 Å². The predicted molar refractivity (Wildman–Crippen MR) is 135 cm³/mol. The van der Waals surface area contributed by atoms with Gasteiger partial charge in [-0.1, -0.05) is 25.8 Å². The number of anilines is 1. The molecule has 0 unspecified atom stereocenters. The van der Waals surface area contributed by atoms with Crippen LogP contribution in [-0.2, 0) is 13.1 Å². The van der Waals surface area contributed by atoms with Crippen LogP contribution >= 0.6 is 0 Å². The minimum Gasteiger partial charge on any atom is -0.463 e. The zero-order valence-electron chi connectivity index (χ0n) is 20.2. The Bertz CT molecular complexity index is 1360. The molecule has 0 bridgehead atoms. The zero-order chi connectivity index (χ0) is 24.9. The van der Waals surface area contributed by atoms with Crippen LogP contribution in [0.3, 0.4) is 0 Å². The van der Waals surface area contributed by atoms with E-state index >= 15 is 0 Å². The van der Waals surface area contributed by atoms with Gasteiger partial charge < -0.3 is 25.5 Å². The van der Waals surface area contributed by atoms with Crippen LogP contribution in [0.5, 0.6) is 17.6 Å². The average molecular weight is 491 g/mol. The second-order valence-electron chi connectivity index (χ2n) is 8.91. The molecule has 5 rings (SSSR count). The number of fused-ring (bicyclic) bond motifs is 1. The summed E-state index contributed by atoms with van der Waals surface area (Å²) < 4.78 is 12.9. The number of hydrogen-bond donors (Lipinski definition) is 3. The molecule has 11 nitrogen and oxygen atoms in total. The van der Waals surface area contributed by atoms with Crippen molar-refractivity contribution in [1.82, 2.24) is 34.8 Å². The molecule has 0 aliphatic heterocycles. The van der Waals surface area contributed by atoms with Gasteiger partial charge in [-0.2, -0.15) is 9.97 Å². The number of pyridine rings is 2.